The quantitative estimate of drug-likeness (QED) is 0.0191. The summed E-state index contributed by atoms with van der Waals surface area (Å²) in [6, 6.07) is 26.3. The molecule has 452 valence electrons. The Balaban J connectivity index is 0.634. The maximum atomic E-state index is 16.2. The fraction of sp³-hybridized carbons (Fsp3) is 0.349. The molecule has 86 heavy (non-hydrogen) atoms. The van der Waals surface area contributed by atoms with Gasteiger partial charge in [-0.25, -0.2) is 0 Å². The fourth-order valence-electron chi connectivity index (χ4n) is 10.3. The van der Waals surface area contributed by atoms with E-state index in [1.165, 1.54) is 39.0 Å². The molecule has 0 bridgehead atoms. The highest BCUT2D eigenvalue weighted by atomic mass is 32.1. The summed E-state index contributed by atoms with van der Waals surface area (Å²) in [5, 5.41) is 16.3. The van der Waals surface area contributed by atoms with Gasteiger partial charge in [0.05, 0.1) is 25.2 Å². The van der Waals surface area contributed by atoms with Crippen molar-refractivity contribution in [1.82, 2.24) is 40.5 Å². The summed E-state index contributed by atoms with van der Waals surface area (Å²) < 4.78 is 59.0. The van der Waals surface area contributed by atoms with Crippen LogP contribution in [0.1, 0.15) is 91.1 Å². The first-order valence-electron chi connectivity index (χ1n) is 28.7. The molecule has 3 aromatic carbocycles. The van der Waals surface area contributed by atoms with Crippen molar-refractivity contribution < 1.29 is 60.8 Å². The van der Waals surface area contributed by atoms with Crippen molar-refractivity contribution in [2.24, 2.45) is 0 Å². The van der Waals surface area contributed by atoms with Crippen molar-refractivity contribution in [1.29, 1.82) is 0 Å². The number of nitrogens with one attached hydrogen (secondary N) is 5. The number of morpholine rings is 1. The molecular weight excluding hydrogens is 1120 g/mol. The van der Waals surface area contributed by atoms with Gasteiger partial charge in [-0.1, -0.05) is 30.7 Å². The van der Waals surface area contributed by atoms with Gasteiger partial charge in [0.25, 0.3) is 11.8 Å². The zero-order chi connectivity index (χ0) is 61.0. The van der Waals surface area contributed by atoms with Crippen LogP contribution in [0.25, 0.3) is 29.1 Å². The lowest BCUT2D eigenvalue weighted by atomic mass is 9.90. The lowest BCUT2D eigenvalue weighted by molar-refractivity contribution is -0.360. The van der Waals surface area contributed by atoms with Crippen molar-refractivity contribution in [2.45, 2.75) is 71.0 Å². The summed E-state index contributed by atoms with van der Waals surface area (Å²) in [4.78, 5) is 82.0. The predicted octanol–water partition coefficient (Wildman–Crippen LogP) is 7.05. The van der Waals surface area contributed by atoms with Crippen LogP contribution in [0.4, 0.5) is 8.63 Å². The number of ether oxygens (including phenoxy) is 4. The number of hydrogen-bond acceptors (Lipinski definition) is 12. The summed E-state index contributed by atoms with van der Waals surface area (Å²) in [5.74, 6) is -0.930. The number of amides is 5. The van der Waals surface area contributed by atoms with Gasteiger partial charge in [-0.2, -0.15) is 0 Å². The van der Waals surface area contributed by atoms with Crippen LogP contribution in [0.15, 0.2) is 120 Å². The number of aromatic nitrogens is 2. The van der Waals surface area contributed by atoms with Crippen molar-refractivity contribution in [3.63, 3.8) is 0 Å². The van der Waals surface area contributed by atoms with Crippen molar-refractivity contribution in [3.05, 3.63) is 153 Å². The zero-order valence-electron chi connectivity index (χ0n) is 48.9. The van der Waals surface area contributed by atoms with Crippen LogP contribution in [-0.2, 0) is 35.3 Å². The maximum absolute atomic E-state index is 16.2. The van der Waals surface area contributed by atoms with Crippen LogP contribution in [0.5, 0.6) is 17.2 Å². The SMILES string of the molecule is COc1ccc(C(=O)c2cn(CCN3CCOCC3)c3ccc(OCC(=O)NC(C)(C)C(=O)NC(C)(C)C(=O)NCCNC(=O)CCCCCNC(=O)COc4ccc(/C=C/c5ccc6n5[B-](F)(F)[N+]5=C(c7cccs7)C=CC5=C6)cc4)cc23)cc1. The highest BCUT2D eigenvalue weighted by molar-refractivity contribution is 7.12. The summed E-state index contributed by atoms with van der Waals surface area (Å²) in [6.45, 7) is 6.37. The van der Waals surface area contributed by atoms with E-state index >= 15 is 8.63 Å². The largest absolute Gasteiger partial charge is 0.737 e. The van der Waals surface area contributed by atoms with E-state index in [2.05, 4.69) is 36.1 Å². The fourth-order valence-corrected chi connectivity index (χ4v) is 11.0. The van der Waals surface area contributed by atoms with Gasteiger partial charge in [-0.05, 0) is 130 Å². The van der Waals surface area contributed by atoms with Crippen molar-refractivity contribution in [3.8, 4) is 17.2 Å². The first-order valence-corrected chi connectivity index (χ1v) is 29.6. The number of hydrogen-bond donors (Lipinski definition) is 5. The molecule has 23 heteroatoms. The van der Waals surface area contributed by atoms with Gasteiger partial charge < -0.3 is 67.7 Å². The van der Waals surface area contributed by atoms with Crippen LogP contribution in [0.3, 0.4) is 0 Å². The third-order valence-electron chi connectivity index (χ3n) is 15.0. The molecule has 5 N–H and O–H groups in total. The molecule has 1 saturated heterocycles. The van der Waals surface area contributed by atoms with E-state index in [0.29, 0.717) is 102 Å². The Hall–Kier alpha value is -8.67. The molecule has 0 spiro atoms. The predicted molar refractivity (Wildman–Crippen MR) is 328 cm³/mol. The minimum atomic E-state index is -4.15. The second-order valence-electron chi connectivity index (χ2n) is 22.2. The molecule has 0 radical (unpaired) electrons. The number of ketones is 1. The number of rotatable bonds is 28. The number of carbonyl (C=O) groups is 6. The van der Waals surface area contributed by atoms with Crippen LogP contribution in [0, 0.1) is 0 Å². The molecule has 9 rings (SSSR count). The Kier molecular flexibility index (Phi) is 19.8. The molecule has 0 saturated carbocycles. The number of fused-ring (bicyclic) bond motifs is 3. The molecule has 1 fully saturated rings. The second-order valence-corrected chi connectivity index (χ2v) is 23.1. The summed E-state index contributed by atoms with van der Waals surface area (Å²) in [7, 11) is 1.56. The first-order chi connectivity index (χ1) is 41.3. The molecule has 5 amide bonds. The van der Waals surface area contributed by atoms with Crippen LogP contribution in [-0.4, -0.2) is 150 Å². The molecule has 6 heterocycles. The highest BCUT2D eigenvalue weighted by Crippen LogP contribution is 2.35. The van der Waals surface area contributed by atoms with Gasteiger partial charge in [0.1, 0.15) is 28.3 Å². The molecular formula is C63H72BF2N9O10S. The standard InChI is InChI=1S/C63H72BF2N9O10S/c1-62(2,71-61(81)63(3,4)70-58(78)42-85-50-25-27-53-51(39-50)52(59(79)44-15-23-48(82-5)24-16-44)40-73(53)32-31-72-33-35-83-36-34-72)60(80)69-30-29-68-56(76)11-7-6-8-28-67-57(77)41-84-49-21-13-43(14-22-49)12-17-45-18-19-46-38-47-20-26-54(55-10-9-37-86-55)75(47)64(65,66)74(45)46/h9-10,12-27,37-40H,6-8,11,28-36,41-42H2,1-5H3,(H,67,77)(H,68,76)(H,69,80)(H,70,78)(H,71,81)/b17-12+. The van der Waals surface area contributed by atoms with Crippen LogP contribution >= 0.6 is 11.3 Å². The minimum Gasteiger partial charge on any atom is -0.497 e. The van der Waals surface area contributed by atoms with Gasteiger partial charge in [0, 0.05) is 110 Å². The number of thiophene rings is 1. The van der Waals surface area contributed by atoms with Crippen molar-refractivity contribution in [2.75, 3.05) is 72.8 Å². The Morgan fingerprint density at radius 1 is 0.721 bits per heavy atom. The van der Waals surface area contributed by atoms with E-state index in [0.717, 1.165) is 44.6 Å². The number of unbranched alkanes of at least 4 members (excludes halogenated alkanes) is 2. The smallest absolute Gasteiger partial charge is 0.497 e. The number of carbonyl (C=O) groups excluding carboxylic acids is 6. The van der Waals surface area contributed by atoms with Crippen LogP contribution < -0.4 is 40.8 Å². The lowest BCUT2D eigenvalue weighted by Crippen LogP contribution is -2.63. The summed E-state index contributed by atoms with van der Waals surface area (Å²) in [6.07, 6.45) is 12.6. The Morgan fingerprint density at radius 2 is 1.42 bits per heavy atom. The summed E-state index contributed by atoms with van der Waals surface area (Å²) in [5.41, 5.74) is 1.46. The van der Waals surface area contributed by atoms with Gasteiger partial charge in [0.15, 0.2) is 30.4 Å². The number of methoxy groups -OCH3 is 1. The second kappa shape index (κ2) is 27.6. The Bertz CT molecular complexity index is 3580. The molecule has 19 nitrogen and oxygen atoms in total. The minimum absolute atomic E-state index is 0.103. The molecule has 0 unspecified atom stereocenters. The molecule has 3 aliphatic rings. The van der Waals surface area contributed by atoms with Crippen LogP contribution in [0.2, 0.25) is 0 Å². The molecule has 3 aliphatic heterocycles. The zero-order valence-corrected chi connectivity index (χ0v) is 49.7. The van der Waals surface area contributed by atoms with Gasteiger partial charge in [-0.15, -0.1) is 11.3 Å². The van der Waals surface area contributed by atoms with Gasteiger partial charge in [0.2, 0.25) is 17.7 Å². The van der Waals surface area contributed by atoms with E-state index in [4.69, 9.17) is 18.9 Å². The van der Waals surface area contributed by atoms with E-state index in [1.54, 1.807) is 110 Å². The first kappa shape index (κ1) is 61.9. The average molecular weight is 1200 g/mol. The Morgan fingerprint density at radius 3 is 2.16 bits per heavy atom. The molecule has 0 atom stereocenters. The molecule has 6 aromatic rings. The third kappa shape index (κ3) is 15.2. The normalized spacial score (nSPS) is 14.8. The number of allylic oxidation sites excluding steroid dienone is 2. The van der Waals surface area contributed by atoms with Crippen molar-refractivity contribution >= 4 is 88.5 Å². The topological polar surface area (TPSA) is 216 Å². The average Bonchev–Trinajstić information content (AvgIpc) is 1.72. The lowest BCUT2D eigenvalue weighted by Gasteiger charge is -2.31. The number of nitrogens with zero attached hydrogens (tertiary/aromatic N) is 4. The Labute approximate surface area is 502 Å². The van der Waals surface area contributed by atoms with Gasteiger partial charge >= 0.3 is 6.97 Å². The third-order valence-corrected chi connectivity index (χ3v) is 15.9. The van der Waals surface area contributed by atoms with E-state index in [-0.39, 0.29) is 43.7 Å². The van der Waals surface area contributed by atoms with E-state index in [1.807, 2.05) is 29.8 Å². The highest BCUT2D eigenvalue weighted by Gasteiger charge is 2.52. The summed E-state index contributed by atoms with van der Waals surface area (Å²) >= 11 is 1.42. The molecule has 0 aliphatic carbocycles. The number of benzene rings is 3. The molecule has 3 aromatic heterocycles. The van der Waals surface area contributed by atoms with E-state index in [9.17, 15) is 28.8 Å². The van der Waals surface area contributed by atoms with E-state index < -0.39 is 42.4 Å². The monoisotopic (exact) mass is 1200 g/mol. The van der Waals surface area contributed by atoms with Gasteiger partial charge in [-0.3, -0.25) is 33.7 Å². The maximum Gasteiger partial charge on any atom is 0.737 e. The number of halogens is 2.